The van der Waals surface area contributed by atoms with E-state index >= 15 is 0 Å². The first kappa shape index (κ1) is 17.4. The molecule has 22 heavy (non-hydrogen) atoms. The van der Waals surface area contributed by atoms with E-state index in [2.05, 4.69) is 16.5 Å². The van der Waals surface area contributed by atoms with Gasteiger partial charge in [-0.3, -0.25) is 0 Å². The average molecular weight is 324 g/mol. The highest BCUT2D eigenvalue weighted by Crippen LogP contribution is 2.19. The van der Waals surface area contributed by atoms with Crippen molar-refractivity contribution in [3.05, 3.63) is 29.3 Å². The van der Waals surface area contributed by atoms with Gasteiger partial charge in [-0.2, -0.15) is 0 Å². The molecule has 2 rings (SSSR count). The fraction of sp³-hybridized carbons (Fsp3) is 0.647. The van der Waals surface area contributed by atoms with Crippen LogP contribution in [0.15, 0.2) is 23.1 Å². The predicted octanol–water partition coefficient (Wildman–Crippen LogP) is 2.85. The van der Waals surface area contributed by atoms with E-state index in [9.17, 15) is 8.42 Å². The van der Waals surface area contributed by atoms with Crippen LogP contribution < -0.4 is 4.72 Å². The van der Waals surface area contributed by atoms with Crippen molar-refractivity contribution in [2.75, 3.05) is 19.6 Å². The molecule has 0 amide bonds. The fourth-order valence-electron chi connectivity index (χ4n) is 3.04. The minimum Gasteiger partial charge on any atom is -0.303 e. The van der Waals surface area contributed by atoms with Crippen LogP contribution in [-0.4, -0.2) is 39.0 Å². The van der Waals surface area contributed by atoms with Crippen LogP contribution in [0.2, 0.25) is 0 Å². The average Bonchev–Trinajstić information content (AvgIpc) is 2.45. The first-order valence-electron chi connectivity index (χ1n) is 8.24. The van der Waals surface area contributed by atoms with Crippen molar-refractivity contribution >= 4 is 10.0 Å². The minimum atomic E-state index is -3.41. The van der Waals surface area contributed by atoms with Gasteiger partial charge in [0.25, 0.3) is 0 Å². The molecule has 0 spiro atoms. The summed E-state index contributed by atoms with van der Waals surface area (Å²) in [5.41, 5.74) is 1.90. The van der Waals surface area contributed by atoms with Gasteiger partial charge in [0.05, 0.1) is 4.90 Å². The lowest BCUT2D eigenvalue weighted by molar-refractivity contribution is 0.205. The summed E-state index contributed by atoms with van der Waals surface area (Å²) < 4.78 is 28.0. The molecule has 124 valence electrons. The number of hydrogen-bond acceptors (Lipinski definition) is 3. The molecule has 0 atom stereocenters. The van der Waals surface area contributed by atoms with E-state index < -0.39 is 10.0 Å². The summed E-state index contributed by atoms with van der Waals surface area (Å²) in [4.78, 5) is 2.84. The number of nitrogens with one attached hydrogen (secondary N) is 1. The van der Waals surface area contributed by atoms with Gasteiger partial charge >= 0.3 is 0 Å². The molecule has 1 aliphatic rings. The van der Waals surface area contributed by atoms with E-state index in [4.69, 9.17) is 0 Å². The Morgan fingerprint density at radius 1 is 1.23 bits per heavy atom. The molecular weight excluding hydrogens is 296 g/mol. The summed E-state index contributed by atoms with van der Waals surface area (Å²) in [5, 5.41) is 0. The van der Waals surface area contributed by atoms with Crippen molar-refractivity contribution in [1.29, 1.82) is 0 Å². The van der Waals surface area contributed by atoms with Crippen LogP contribution in [0.1, 0.15) is 43.7 Å². The van der Waals surface area contributed by atoms with Crippen LogP contribution in [0.5, 0.6) is 0 Å². The summed E-state index contributed by atoms with van der Waals surface area (Å²) in [6.07, 6.45) is 4.22. The van der Waals surface area contributed by atoms with Gasteiger partial charge in [-0.1, -0.05) is 31.0 Å². The zero-order valence-electron chi connectivity index (χ0n) is 13.9. The number of piperidine rings is 1. The van der Waals surface area contributed by atoms with Gasteiger partial charge in [0, 0.05) is 6.04 Å². The van der Waals surface area contributed by atoms with Gasteiger partial charge in [-0.15, -0.1) is 0 Å². The first-order chi connectivity index (χ1) is 10.4. The lowest BCUT2D eigenvalue weighted by Crippen LogP contribution is -2.44. The maximum atomic E-state index is 12.6. The Morgan fingerprint density at radius 2 is 1.91 bits per heavy atom. The molecule has 1 N–H and O–H groups in total. The van der Waals surface area contributed by atoms with Crippen LogP contribution in [0.25, 0.3) is 0 Å². The molecule has 5 heteroatoms. The van der Waals surface area contributed by atoms with Crippen molar-refractivity contribution < 1.29 is 8.42 Å². The van der Waals surface area contributed by atoms with Crippen molar-refractivity contribution in [3.8, 4) is 0 Å². The zero-order valence-corrected chi connectivity index (χ0v) is 14.7. The van der Waals surface area contributed by atoms with Gasteiger partial charge in [0.1, 0.15) is 0 Å². The lowest BCUT2D eigenvalue weighted by atomic mass is 10.1. The molecule has 1 saturated heterocycles. The number of likely N-dealkylation sites (tertiary alicyclic amines) is 1. The van der Waals surface area contributed by atoms with Crippen LogP contribution in [-0.2, 0) is 10.0 Å². The van der Waals surface area contributed by atoms with Crippen molar-refractivity contribution in [2.45, 2.75) is 57.4 Å². The normalized spacial score (nSPS) is 17.8. The van der Waals surface area contributed by atoms with Crippen LogP contribution >= 0.6 is 0 Å². The molecular formula is C17H28N2O2S. The highest BCUT2D eigenvalue weighted by molar-refractivity contribution is 7.89. The van der Waals surface area contributed by atoms with E-state index in [1.807, 2.05) is 26.0 Å². The number of unbranched alkanes of at least 4 members (excludes halogenated alkanes) is 1. The maximum Gasteiger partial charge on any atom is 0.241 e. The van der Waals surface area contributed by atoms with E-state index in [-0.39, 0.29) is 6.04 Å². The Labute approximate surface area is 135 Å². The summed E-state index contributed by atoms with van der Waals surface area (Å²) in [6, 6.07) is 5.55. The highest BCUT2D eigenvalue weighted by Gasteiger charge is 2.25. The molecule has 1 aromatic carbocycles. The number of aryl methyl sites for hydroxylation is 2. The van der Waals surface area contributed by atoms with Crippen LogP contribution in [0.3, 0.4) is 0 Å². The molecule has 0 bridgehead atoms. The third-order valence-electron chi connectivity index (χ3n) is 4.36. The third-order valence-corrected chi connectivity index (χ3v) is 6.04. The molecule has 1 fully saturated rings. The quantitative estimate of drug-likeness (QED) is 0.875. The highest BCUT2D eigenvalue weighted by atomic mass is 32.2. The molecule has 4 nitrogen and oxygen atoms in total. The van der Waals surface area contributed by atoms with Crippen LogP contribution in [0.4, 0.5) is 0 Å². The molecule has 0 unspecified atom stereocenters. The first-order valence-corrected chi connectivity index (χ1v) is 9.72. The topological polar surface area (TPSA) is 49.4 Å². The second kappa shape index (κ2) is 7.57. The number of rotatable bonds is 6. The Bertz CT molecular complexity index is 591. The standard InChI is InChI=1S/C17H28N2O2S/c1-4-5-10-19-11-8-16(9-12-19)18-22(20,21)17-7-6-14(2)13-15(17)3/h6-7,13,16,18H,4-5,8-12H2,1-3H3. The van der Waals surface area contributed by atoms with Crippen molar-refractivity contribution in [1.82, 2.24) is 9.62 Å². The van der Waals surface area contributed by atoms with Gasteiger partial charge in [-0.05, 0) is 64.4 Å². The summed E-state index contributed by atoms with van der Waals surface area (Å²) >= 11 is 0. The van der Waals surface area contributed by atoms with Gasteiger partial charge in [0.2, 0.25) is 10.0 Å². The van der Waals surface area contributed by atoms with E-state index in [1.54, 1.807) is 6.07 Å². The Kier molecular flexibility index (Phi) is 6.01. The number of hydrogen-bond donors (Lipinski definition) is 1. The number of benzene rings is 1. The maximum absolute atomic E-state index is 12.6. The van der Waals surface area contributed by atoms with E-state index in [1.165, 1.54) is 12.8 Å². The van der Waals surface area contributed by atoms with E-state index in [0.717, 1.165) is 43.6 Å². The fourth-order valence-corrected chi connectivity index (χ4v) is 4.57. The molecule has 1 heterocycles. The minimum absolute atomic E-state index is 0.0589. The van der Waals surface area contributed by atoms with E-state index in [0.29, 0.717) is 4.90 Å². The smallest absolute Gasteiger partial charge is 0.241 e. The van der Waals surface area contributed by atoms with Crippen molar-refractivity contribution in [3.63, 3.8) is 0 Å². The Hall–Kier alpha value is -0.910. The third kappa shape index (κ3) is 4.54. The molecule has 1 aromatic rings. The second-order valence-corrected chi connectivity index (χ2v) is 8.04. The molecule has 0 saturated carbocycles. The predicted molar refractivity (Wildman–Crippen MR) is 90.6 cm³/mol. The Morgan fingerprint density at radius 3 is 2.50 bits per heavy atom. The number of sulfonamides is 1. The summed E-state index contributed by atoms with van der Waals surface area (Å²) in [7, 11) is -3.41. The SMILES string of the molecule is CCCCN1CCC(NS(=O)(=O)c2ccc(C)cc2C)CC1. The molecule has 0 aliphatic carbocycles. The van der Waals surface area contributed by atoms with Gasteiger partial charge < -0.3 is 4.90 Å². The largest absolute Gasteiger partial charge is 0.303 e. The molecule has 0 aromatic heterocycles. The summed E-state index contributed by atoms with van der Waals surface area (Å²) in [6.45, 7) is 9.13. The second-order valence-electron chi connectivity index (χ2n) is 6.36. The van der Waals surface area contributed by atoms with Crippen molar-refractivity contribution in [2.24, 2.45) is 0 Å². The van der Waals surface area contributed by atoms with Gasteiger partial charge in [0.15, 0.2) is 0 Å². The number of nitrogens with zero attached hydrogens (tertiary/aromatic N) is 1. The van der Waals surface area contributed by atoms with Crippen LogP contribution in [0, 0.1) is 13.8 Å². The summed E-state index contributed by atoms with van der Waals surface area (Å²) in [5.74, 6) is 0. The van der Waals surface area contributed by atoms with Gasteiger partial charge in [-0.25, -0.2) is 13.1 Å². The zero-order chi connectivity index (χ0) is 16.2. The molecule has 0 radical (unpaired) electrons. The molecule has 1 aliphatic heterocycles. The lowest BCUT2D eigenvalue weighted by Gasteiger charge is -2.32. The Balaban J connectivity index is 1.96. The monoisotopic (exact) mass is 324 g/mol.